The lowest BCUT2D eigenvalue weighted by atomic mass is 10.1. The molecule has 0 aliphatic carbocycles. The first-order valence-corrected chi connectivity index (χ1v) is 13.9. The van der Waals surface area contributed by atoms with E-state index in [1.807, 2.05) is 25.1 Å². The van der Waals surface area contributed by atoms with Gasteiger partial charge in [-0.25, -0.2) is 0 Å². The van der Waals surface area contributed by atoms with Crippen molar-refractivity contribution in [2.24, 2.45) is 4.99 Å². The smallest absolute Gasteiger partial charge is 0.256 e. The zero-order valence-electron chi connectivity index (χ0n) is 20.7. The van der Waals surface area contributed by atoms with Gasteiger partial charge in [0.1, 0.15) is 10.1 Å². The molecule has 2 atom stereocenters. The van der Waals surface area contributed by atoms with Gasteiger partial charge in [-0.1, -0.05) is 35.3 Å². The predicted octanol–water partition coefficient (Wildman–Crippen LogP) is 3.92. The van der Waals surface area contributed by atoms with Crippen molar-refractivity contribution in [2.75, 3.05) is 46.0 Å². The highest BCUT2D eigenvalue weighted by Crippen LogP contribution is 2.34. The summed E-state index contributed by atoms with van der Waals surface area (Å²) in [5, 5.41) is 18.0. The van der Waals surface area contributed by atoms with E-state index in [1.54, 1.807) is 12.1 Å². The van der Waals surface area contributed by atoms with Crippen molar-refractivity contribution in [1.29, 1.82) is 0 Å². The van der Waals surface area contributed by atoms with E-state index in [1.165, 1.54) is 17.6 Å². The Labute approximate surface area is 231 Å². The van der Waals surface area contributed by atoms with Gasteiger partial charge in [0.15, 0.2) is 0 Å². The van der Waals surface area contributed by atoms with Gasteiger partial charge in [0, 0.05) is 60.9 Å². The van der Waals surface area contributed by atoms with Gasteiger partial charge in [-0.05, 0) is 30.7 Å². The molecule has 2 unspecified atom stereocenters. The third-order valence-corrected chi connectivity index (χ3v) is 7.87. The Bertz CT molecular complexity index is 1110. The molecule has 2 saturated heterocycles. The number of nitrogens with one attached hydrogen (secondary N) is 2. The number of hydrogen-bond acceptors (Lipinski definition) is 8. The number of rotatable bonds is 9. The number of aliphatic imine (C=N–C) groups is 1. The lowest BCUT2D eigenvalue weighted by Crippen LogP contribution is -2.43. The summed E-state index contributed by atoms with van der Waals surface area (Å²) in [4.78, 5) is 21.1. The third kappa shape index (κ3) is 8.00. The van der Waals surface area contributed by atoms with Gasteiger partial charge < -0.3 is 25.2 Å². The van der Waals surface area contributed by atoms with Gasteiger partial charge in [0.25, 0.3) is 5.91 Å². The summed E-state index contributed by atoms with van der Waals surface area (Å²) < 4.78 is 11.6. The van der Waals surface area contributed by atoms with E-state index < -0.39 is 5.91 Å². The molecule has 2 aliphatic rings. The summed E-state index contributed by atoms with van der Waals surface area (Å²) in [5.41, 5.74) is 1.34. The lowest BCUT2D eigenvalue weighted by Gasteiger charge is -2.26. The van der Waals surface area contributed by atoms with Crippen LogP contribution in [0, 0.1) is 0 Å². The van der Waals surface area contributed by atoms with Crippen LogP contribution >= 0.6 is 34.5 Å². The molecule has 11 heteroatoms. The molecule has 0 spiro atoms. The average Bonchev–Trinajstić information content (AvgIpc) is 3.28. The second-order valence-electron chi connectivity index (χ2n) is 8.99. The molecule has 3 heterocycles. The highest BCUT2D eigenvalue weighted by atomic mass is 35.5. The number of thiophene rings is 1. The van der Waals surface area contributed by atoms with Crippen LogP contribution in [0.15, 0.2) is 40.9 Å². The van der Waals surface area contributed by atoms with Gasteiger partial charge in [-0.15, -0.1) is 11.3 Å². The number of ether oxygens (including phenoxy) is 2. The monoisotopic (exact) mass is 566 g/mol. The summed E-state index contributed by atoms with van der Waals surface area (Å²) >= 11 is 13.9. The zero-order valence-corrected chi connectivity index (χ0v) is 23.0. The number of amides is 1. The second-order valence-corrected chi connectivity index (χ2v) is 11.2. The first kappa shape index (κ1) is 28.0. The molecule has 4 rings (SSSR count). The number of aliphatic hydroxyl groups excluding tert-OH is 1. The van der Waals surface area contributed by atoms with Crippen molar-refractivity contribution in [3.05, 3.63) is 61.3 Å². The molecular formula is C26H32Cl2N4O4S. The molecule has 2 aromatic rings. The van der Waals surface area contributed by atoms with E-state index in [4.69, 9.17) is 32.7 Å². The summed E-state index contributed by atoms with van der Waals surface area (Å²) in [6.07, 6.45) is 1.31. The highest BCUT2D eigenvalue weighted by molar-refractivity contribution is 7.16. The average molecular weight is 568 g/mol. The quantitative estimate of drug-likeness (QED) is 0.242. The van der Waals surface area contributed by atoms with Crippen molar-refractivity contribution >= 4 is 52.4 Å². The van der Waals surface area contributed by atoms with Crippen LogP contribution < -0.4 is 10.6 Å². The van der Waals surface area contributed by atoms with Crippen molar-refractivity contribution in [2.45, 2.75) is 32.2 Å². The fraction of sp³-hybridized carbons (Fsp3) is 0.462. The van der Waals surface area contributed by atoms with Crippen LogP contribution in [0.25, 0.3) is 5.76 Å². The molecule has 3 N–H and O–H groups in total. The predicted molar refractivity (Wildman–Crippen MR) is 149 cm³/mol. The Hall–Kier alpha value is -1.98. The maximum atomic E-state index is 13.3. The number of hydrogen-bond donors (Lipinski definition) is 3. The number of aliphatic hydroxyl groups is 1. The van der Waals surface area contributed by atoms with Crippen LogP contribution in [0.5, 0.6) is 0 Å². The Morgan fingerprint density at radius 2 is 2.05 bits per heavy atom. The lowest BCUT2D eigenvalue weighted by molar-refractivity contribution is -0.117. The normalized spacial score (nSPS) is 20.6. The first-order chi connectivity index (χ1) is 17.9. The van der Waals surface area contributed by atoms with Crippen LogP contribution in [0.1, 0.15) is 22.9 Å². The maximum absolute atomic E-state index is 13.3. The Morgan fingerprint density at radius 3 is 2.76 bits per heavy atom. The van der Waals surface area contributed by atoms with Crippen LogP contribution in [0.2, 0.25) is 9.36 Å². The van der Waals surface area contributed by atoms with E-state index in [9.17, 15) is 9.90 Å². The van der Waals surface area contributed by atoms with Gasteiger partial charge in [0.2, 0.25) is 0 Å². The fourth-order valence-electron chi connectivity index (χ4n) is 4.07. The molecule has 1 aromatic carbocycles. The summed E-state index contributed by atoms with van der Waals surface area (Å²) in [5.74, 6) is -0.662. The molecule has 0 radical (unpaired) electrons. The van der Waals surface area contributed by atoms with E-state index in [-0.39, 0.29) is 30.0 Å². The topological polar surface area (TPSA) is 95.4 Å². The van der Waals surface area contributed by atoms with Crippen molar-refractivity contribution in [3.63, 3.8) is 0 Å². The second kappa shape index (κ2) is 13.7. The SMILES string of the molecule is CC(N=CC(C(=O)NCc1ccc(Cl)cc1)=C(O)c1cc(CN2CCOCC2)sc1Cl)C1CNCCO1. The van der Waals surface area contributed by atoms with Gasteiger partial charge in [-0.2, -0.15) is 0 Å². The van der Waals surface area contributed by atoms with Gasteiger partial charge in [-0.3, -0.25) is 14.7 Å². The van der Waals surface area contributed by atoms with Gasteiger partial charge >= 0.3 is 0 Å². The molecule has 0 bridgehead atoms. The summed E-state index contributed by atoms with van der Waals surface area (Å²) in [6, 6.07) is 8.83. The van der Waals surface area contributed by atoms with E-state index >= 15 is 0 Å². The minimum absolute atomic E-state index is 0.0437. The van der Waals surface area contributed by atoms with Crippen LogP contribution in [-0.4, -0.2) is 80.3 Å². The van der Waals surface area contributed by atoms with E-state index in [2.05, 4.69) is 20.5 Å². The molecule has 2 fully saturated rings. The van der Waals surface area contributed by atoms with Crippen molar-refractivity contribution in [3.8, 4) is 0 Å². The number of halogens is 2. The third-order valence-electron chi connectivity index (χ3n) is 6.28. The highest BCUT2D eigenvalue weighted by Gasteiger charge is 2.23. The summed E-state index contributed by atoms with van der Waals surface area (Å²) in [6.45, 7) is 8.06. The maximum Gasteiger partial charge on any atom is 0.256 e. The minimum Gasteiger partial charge on any atom is -0.506 e. The zero-order chi connectivity index (χ0) is 26.2. The van der Waals surface area contributed by atoms with Crippen molar-refractivity contribution < 1.29 is 19.4 Å². The molecule has 37 heavy (non-hydrogen) atoms. The van der Waals surface area contributed by atoms with E-state index in [0.29, 0.717) is 47.8 Å². The molecular weight excluding hydrogens is 535 g/mol. The number of benzene rings is 1. The number of carbonyl (C=O) groups excluding carboxylic acids is 1. The first-order valence-electron chi connectivity index (χ1n) is 12.3. The molecule has 200 valence electrons. The number of nitrogens with zero attached hydrogens (tertiary/aromatic N) is 2. The Kier molecular flexibility index (Phi) is 10.4. The molecule has 1 amide bonds. The number of carbonyl (C=O) groups is 1. The van der Waals surface area contributed by atoms with E-state index in [0.717, 1.165) is 30.1 Å². The summed E-state index contributed by atoms with van der Waals surface area (Å²) in [7, 11) is 0. The van der Waals surface area contributed by atoms with Crippen molar-refractivity contribution in [1.82, 2.24) is 15.5 Å². The fourth-order valence-corrected chi connectivity index (χ4v) is 5.56. The Balaban J connectivity index is 1.56. The largest absolute Gasteiger partial charge is 0.506 e. The Morgan fingerprint density at radius 1 is 1.30 bits per heavy atom. The molecule has 1 aromatic heterocycles. The van der Waals surface area contributed by atoms with Crippen LogP contribution in [0.4, 0.5) is 0 Å². The molecule has 2 aliphatic heterocycles. The van der Waals surface area contributed by atoms with Crippen LogP contribution in [0.3, 0.4) is 0 Å². The molecule has 0 saturated carbocycles. The number of morpholine rings is 2. The minimum atomic E-state index is -0.455. The van der Waals surface area contributed by atoms with Crippen LogP contribution in [-0.2, 0) is 27.4 Å². The molecule has 8 nitrogen and oxygen atoms in total. The standard InChI is InChI=1S/C26H32Cl2N4O4S/c1-17(23-15-29-6-9-36-23)30-14-22(26(34)31-13-18-2-4-19(27)5-3-18)24(33)21-12-20(37-25(21)28)16-32-7-10-35-11-8-32/h2-5,12,14,17,23,29,33H,6-11,13,15-16H2,1H3,(H,31,34). The van der Waals surface area contributed by atoms with Gasteiger partial charge in [0.05, 0.1) is 37.5 Å².